The molecular formula is C27H23ClF3NO5. The first-order chi connectivity index (χ1) is 17.5. The van der Waals surface area contributed by atoms with Gasteiger partial charge in [0.15, 0.2) is 17.8 Å². The van der Waals surface area contributed by atoms with Crippen LogP contribution in [0.5, 0.6) is 5.75 Å². The summed E-state index contributed by atoms with van der Waals surface area (Å²) in [7, 11) is 0. The molecule has 3 unspecified atom stereocenters. The molecule has 0 amide bonds. The van der Waals surface area contributed by atoms with E-state index in [1.54, 1.807) is 12.1 Å². The SMILES string of the molecule is CC1CC1CC(C(=O)Cc1ccc(C(=O)O)cc1)c1ccc(-c2c(OC(F)F)ccc(Cl)c2F)c[n+]1[O-]. The van der Waals surface area contributed by atoms with Gasteiger partial charge < -0.3 is 15.1 Å². The molecule has 1 aliphatic rings. The number of carbonyl (C=O) groups is 2. The van der Waals surface area contributed by atoms with Gasteiger partial charge in [0.2, 0.25) is 5.69 Å². The number of ether oxygens (including phenoxy) is 1. The zero-order chi connectivity index (χ0) is 26.9. The molecule has 0 spiro atoms. The first kappa shape index (κ1) is 26.5. The number of hydrogen-bond acceptors (Lipinski definition) is 4. The summed E-state index contributed by atoms with van der Waals surface area (Å²) in [5.41, 5.74) is 0.420. The third-order valence-corrected chi connectivity index (χ3v) is 6.94. The van der Waals surface area contributed by atoms with Crippen LogP contribution in [0.1, 0.15) is 47.3 Å². The summed E-state index contributed by atoms with van der Waals surface area (Å²) in [6, 6.07) is 10.8. The molecule has 10 heteroatoms. The number of nitrogens with zero attached hydrogens (tertiary/aromatic N) is 1. The fourth-order valence-corrected chi connectivity index (χ4v) is 4.60. The number of alkyl halides is 2. The number of halogens is 4. The number of carbonyl (C=O) groups excluding carboxylic acids is 1. The van der Waals surface area contributed by atoms with Crippen molar-refractivity contribution in [2.75, 3.05) is 0 Å². The predicted molar refractivity (Wildman–Crippen MR) is 129 cm³/mol. The summed E-state index contributed by atoms with van der Waals surface area (Å²) in [6.45, 7) is -1.16. The number of pyridine rings is 1. The van der Waals surface area contributed by atoms with Crippen LogP contribution in [0.2, 0.25) is 5.02 Å². The maximum Gasteiger partial charge on any atom is 0.387 e. The molecule has 3 aromatic rings. The van der Waals surface area contributed by atoms with Crippen LogP contribution < -0.4 is 9.47 Å². The summed E-state index contributed by atoms with van der Waals surface area (Å²) < 4.78 is 45.4. The zero-order valence-corrected chi connectivity index (χ0v) is 20.4. The Kier molecular flexibility index (Phi) is 7.73. The number of aromatic carboxylic acids is 1. The van der Waals surface area contributed by atoms with E-state index in [1.165, 1.54) is 24.3 Å². The molecule has 6 nitrogen and oxygen atoms in total. The van der Waals surface area contributed by atoms with Crippen molar-refractivity contribution in [2.24, 2.45) is 11.8 Å². The van der Waals surface area contributed by atoms with Gasteiger partial charge in [0.1, 0.15) is 11.7 Å². The Morgan fingerprint density at radius 1 is 1.16 bits per heavy atom. The second kappa shape index (κ2) is 10.8. The predicted octanol–water partition coefficient (Wildman–Crippen LogP) is 6.02. The van der Waals surface area contributed by atoms with Gasteiger partial charge >= 0.3 is 12.6 Å². The minimum absolute atomic E-state index is 0.0112. The highest BCUT2D eigenvalue weighted by molar-refractivity contribution is 6.31. The summed E-state index contributed by atoms with van der Waals surface area (Å²) >= 11 is 5.84. The van der Waals surface area contributed by atoms with Gasteiger partial charge in [-0.25, -0.2) is 9.18 Å². The lowest BCUT2D eigenvalue weighted by atomic mass is 9.88. The molecule has 1 saturated carbocycles. The van der Waals surface area contributed by atoms with Crippen LogP contribution in [0, 0.1) is 22.9 Å². The number of hydrogen-bond donors (Lipinski definition) is 1. The maximum atomic E-state index is 14.8. The van der Waals surface area contributed by atoms with Crippen LogP contribution in [-0.4, -0.2) is 23.5 Å². The van der Waals surface area contributed by atoms with E-state index in [0.717, 1.165) is 24.8 Å². The molecule has 0 radical (unpaired) electrons. The topological polar surface area (TPSA) is 90.5 Å². The van der Waals surface area contributed by atoms with Crippen LogP contribution in [0.3, 0.4) is 0 Å². The Labute approximate surface area is 215 Å². The van der Waals surface area contributed by atoms with Crippen molar-refractivity contribution in [3.63, 3.8) is 0 Å². The highest BCUT2D eigenvalue weighted by Crippen LogP contribution is 2.45. The van der Waals surface area contributed by atoms with Gasteiger partial charge in [0.25, 0.3) is 0 Å². The van der Waals surface area contributed by atoms with Gasteiger partial charge in [-0.15, -0.1) is 0 Å². The second-order valence-electron chi connectivity index (χ2n) is 9.19. The van der Waals surface area contributed by atoms with Crippen molar-refractivity contribution in [1.82, 2.24) is 0 Å². The summed E-state index contributed by atoms with van der Waals surface area (Å²) in [6.07, 6.45) is 2.37. The molecule has 1 aromatic heterocycles. The lowest BCUT2D eigenvalue weighted by Gasteiger charge is -2.17. The maximum absolute atomic E-state index is 14.8. The Morgan fingerprint density at radius 2 is 1.84 bits per heavy atom. The third kappa shape index (κ3) is 6.05. The van der Waals surface area contributed by atoms with Crippen molar-refractivity contribution in [1.29, 1.82) is 0 Å². The van der Waals surface area contributed by atoms with E-state index in [-0.39, 0.29) is 45.5 Å². The van der Waals surface area contributed by atoms with Crippen molar-refractivity contribution in [2.45, 2.75) is 38.7 Å². The fourth-order valence-electron chi connectivity index (χ4n) is 4.44. The van der Waals surface area contributed by atoms with Gasteiger partial charge in [-0.3, -0.25) is 4.79 Å². The largest absolute Gasteiger partial charge is 0.618 e. The van der Waals surface area contributed by atoms with Crippen LogP contribution in [0.4, 0.5) is 13.2 Å². The molecule has 1 N–H and O–H groups in total. The minimum Gasteiger partial charge on any atom is -0.618 e. The molecule has 4 rings (SSSR count). The first-order valence-corrected chi connectivity index (χ1v) is 11.9. The molecule has 1 fully saturated rings. The van der Waals surface area contributed by atoms with Crippen LogP contribution in [0.15, 0.2) is 54.7 Å². The van der Waals surface area contributed by atoms with Gasteiger partial charge in [-0.1, -0.05) is 30.7 Å². The van der Waals surface area contributed by atoms with E-state index in [0.29, 0.717) is 22.6 Å². The van der Waals surface area contributed by atoms with Crippen molar-refractivity contribution < 1.29 is 37.3 Å². The fraction of sp³-hybridized carbons (Fsp3) is 0.296. The smallest absolute Gasteiger partial charge is 0.387 e. The quantitative estimate of drug-likeness (QED) is 0.254. The second-order valence-corrected chi connectivity index (χ2v) is 9.60. The van der Waals surface area contributed by atoms with Gasteiger partial charge in [-0.2, -0.15) is 13.5 Å². The Bertz CT molecular complexity index is 1330. The molecule has 3 atom stereocenters. The van der Waals surface area contributed by atoms with Crippen molar-refractivity contribution in [3.05, 3.63) is 87.6 Å². The number of ketones is 1. The molecule has 0 aliphatic heterocycles. The van der Waals surface area contributed by atoms with E-state index in [4.69, 9.17) is 16.7 Å². The van der Waals surface area contributed by atoms with Crippen LogP contribution >= 0.6 is 11.6 Å². The number of aromatic nitrogens is 1. The minimum atomic E-state index is -3.22. The Balaban J connectivity index is 1.66. The molecule has 37 heavy (non-hydrogen) atoms. The molecular weight excluding hydrogens is 511 g/mol. The highest BCUT2D eigenvalue weighted by atomic mass is 35.5. The van der Waals surface area contributed by atoms with Gasteiger partial charge in [0.05, 0.1) is 21.7 Å². The first-order valence-electron chi connectivity index (χ1n) is 11.6. The van der Waals surface area contributed by atoms with E-state index in [1.807, 2.05) is 0 Å². The van der Waals surface area contributed by atoms with Crippen molar-refractivity contribution in [3.8, 4) is 16.9 Å². The van der Waals surface area contributed by atoms with E-state index >= 15 is 0 Å². The lowest BCUT2D eigenvalue weighted by molar-refractivity contribution is -0.614. The Hall–Kier alpha value is -3.59. The summed E-state index contributed by atoms with van der Waals surface area (Å²) in [5, 5.41) is 21.8. The van der Waals surface area contributed by atoms with Crippen molar-refractivity contribution >= 4 is 23.4 Å². The van der Waals surface area contributed by atoms with E-state index < -0.39 is 30.1 Å². The van der Waals surface area contributed by atoms with Gasteiger partial charge in [-0.05, 0) is 60.6 Å². The Morgan fingerprint density at radius 3 is 2.41 bits per heavy atom. The number of benzene rings is 2. The number of carboxylic acid groups (broad SMARTS) is 1. The van der Waals surface area contributed by atoms with E-state index in [9.17, 15) is 28.0 Å². The van der Waals surface area contributed by atoms with E-state index in [2.05, 4.69) is 11.7 Å². The molecule has 0 bridgehead atoms. The van der Waals surface area contributed by atoms with Gasteiger partial charge in [0, 0.05) is 12.5 Å². The zero-order valence-electron chi connectivity index (χ0n) is 19.7. The molecule has 194 valence electrons. The normalized spacial score (nSPS) is 17.5. The number of Topliss-reactive ketones (excluding diaryl/α,β-unsaturated/α-hetero) is 1. The van der Waals surface area contributed by atoms with Crippen LogP contribution in [-0.2, 0) is 11.2 Å². The third-order valence-electron chi connectivity index (χ3n) is 6.65. The molecule has 0 saturated heterocycles. The standard InChI is InChI=1S/C27H23ClF3NO5/c1-14-10-18(14)12-19(22(33)11-15-2-4-16(5-3-15)26(34)35)21-8-6-17(13-32(21)36)24-23(37-27(30)31)9-7-20(28)25(24)29/h2-9,13-14,18-19,27H,10-12H2,1H3,(H,34,35). The summed E-state index contributed by atoms with van der Waals surface area (Å²) in [4.78, 5) is 24.4. The monoisotopic (exact) mass is 533 g/mol. The average molecular weight is 534 g/mol. The highest BCUT2D eigenvalue weighted by Gasteiger charge is 2.39. The molecule has 2 aromatic carbocycles. The molecule has 1 heterocycles. The number of rotatable bonds is 10. The number of carboxylic acids is 1. The lowest BCUT2D eigenvalue weighted by Crippen LogP contribution is -2.36. The van der Waals surface area contributed by atoms with Crippen LogP contribution in [0.25, 0.3) is 11.1 Å². The average Bonchev–Trinajstić information content (AvgIpc) is 3.54. The summed E-state index contributed by atoms with van der Waals surface area (Å²) in [5.74, 6) is -2.88. The molecule has 1 aliphatic carbocycles.